The number of rotatable bonds is 4. The smallest absolute Gasteiger partial charge is 0.237 e. The minimum absolute atomic E-state index is 0.572. The van der Waals surface area contributed by atoms with Crippen LogP contribution in [0.2, 0.25) is 5.02 Å². The number of hydrogen-bond donors (Lipinski definition) is 0. The maximum absolute atomic E-state index is 5.90. The zero-order valence-corrected chi connectivity index (χ0v) is 14.6. The molecule has 0 amide bonds. The van der Waals surface area contributed by atoms with Crippen LogP contribution >= 0.6 is 23.4 Å². The Kier molecular flexibility index (Phi) is 4.53. The molecule has 3 heterocycles. The first-order chi connectivity index (χ1) is 11.8. The van der Waals surface area contributed by atoms with Gasteiger partial charge >= 0.3 is 0 Å². The fourth-order valence-electron chi connectivity index (χ4n) is 2.72. The van der Waals surface area contributed by atoms with Gasteiger partial charge in [0.25, 0.3) is 0 Å². The van der Waals surface area contributed by atoms with Gasteiger partial charge < -0.3 is 9.09 Å². The normalized spacial score (nSPS) is 14.4. The second-order valence-corrected chi connectivity index (χ2v) is 7.05. The third-order valence-electron chi connectivity index (χ3n) is 3.97. The molecule has 4 rings (SSSR count). The van der Waals surface area contributed by atoms with Crippen molar-refractivity contribution in [2.45, 2.75) is 43.1 Å². The topological polar surface area (TPSA) is 69.6 Å². The average Bonchev–Trinajstić information content (AvgIpc) is 3.15. The first-order valence-corrected chi connectivity index (χ1v) is 9.29. The van der Waals surface area contributed by atoms with Crippen molar-refractivity contribution in [3.63, 3.8) is 0 Å². The predicted octanol–water partition coefficient (Wildman–Crippen LogP) is 4.00. The lowest BCUT2D eigenvalue weighted by atomic mass is 10.2. The summed E-state index contributed by atoms with van der Waals surface area (Å²) in [6, 6.07) is 7.38. The molecule has 1 aliphatic rings. The average molecular weight is 362 g/mol. The molecule has 6 nitrogen and oxygen atoms in total. The number of hydrogen-bond acceptors (Lipinski definition) is 6. The number of fused-ring (bicyclic) bond motifs is 1. The van der Waals surface area contributed by atoms with Crippen LogP contribution in [-0.4, -0.2) is 24.9 Å². The van der Waals surface area contributed by atoms with Crippen molar-refractivity contribution in [1.82, 2.24) is 24.9 Å². The van der Waals surface area contributed by atoms with E-state index in [2.05, 4.69) is 24.9 Å². The van der Waals surface area contributed by atoms with Gasteiger partial charge in [-0.25, -0.2) is 0 Å². The molecule has 0 N–H and O–H groups in total. The van der Waals surface area contributed by atoms with E-state index in [-0.39, 0.29) is 0 Å². The summed E-state index contributed by atoms with van der Waals surface area (Å²) in [6.45, 7) is 0.991. The van der Waals surface area contributed by atoms with Gasteiger partial charge in [-0.05, 0) is 37.1 Å². The molecule has 8 heteroatoms. The molecular weight excluding hydrogens is 346 g/mol. The van der Waals surface area contributed by atoms with E-state index >= 15 is 0 Å². The second-order valence-electron chi connectivity index (χ2n) is 5.67. The van der Waals surface area contributed by atoms with E-state index in [1.807, 2.05) is 24.3 Å². The molecule has 0 saturated heterocycles. The minimum atomic E-state index is 0.572. The SMILES string of the molecule is Clc1ccc(-c2noc(CSc3nnc4n3CCCCC4)n2)cc1. The highest BCUT2D eigenvalue weighted by molar-refractivity contribution is 7.98. The first-order valence-electron chi connectivity index (χ1n) is 7.93. The summed E-state index contributed by atoms with van der Waals surface area (Å²) < 4.78 is 7.56. The third kappa shape index (κ3) is 3.32. The van der Waals surface area contributed by atoms with Gasteiger partial charge in [0.1, 0.15) is 5.82 Å². The molecule has 0 unspecified atom stereocenters. The van der Waals surface area contributed by atoms with Crippen molar-refractivity contribution in [2.75, 3.05) is 0 Å². The highest BCUT2D eigenvalue weighted by Crippen LogP contribution is 2.25. The fourth-order valence-corrected chi connectivity index (χ4v) is 3.67. The van der Waals surface area contributed by atoms with Gasteiger partial charge in [-0.2, -0.15) is 4.98 Å². The van der Waals surface area contributed by atoms with Crippen molar-refractivity contribution in [3.8, 4) is 11.4 Å². The van der Waals surface area contributed by atoms with Crippen LogP contribution in [0.1, 0.15) is 31.0 Å². The number of aromatic nitrogens is 5. The van der Waals surface area contributed by atoms with Crippen LogP contribution in [0.15, 0.2) is 33.9 Å². The van der Waals surface area contributed by atoms with Gasteiger partial charge in [0.05, 0.1) is 5.75 Å². The van der Waals surface area contributed by atoms with Crippen LogP contribution in [0.5, 0.6) is 0 Å². The van der Waals surface area contributed by atoms with Crippen LogP contribution in [0.25, 0.3) is 11.4 Å². The standard InChI is InChI=1S/C16H16ClN5OS/c17-12-7-5-11(6-8-12)15-18-14(23-21-15)10-24-16-20-19-13-4-2-1-3-9-22(13)16/h5-8H,1-4,9-10H2. The lowest BCUT2D eigenvalue weighted by Gasteiger charge is -2.04. The molecule has 0 radical (unpaired) electrons. The molecule has 1 aliphatic heterocycles. The molecule has 0 fully saturated rings. The zero-order chi connectivity index (χ0) is 16.4. The maximum atomic E-state index is 5.90. The Morgan fingerprint density at radius 2 is 2.00 bits per heavy atom. The lowest BCUT2D eigenvalue weighted by Crippen LogP contribution is -2.02. The van der Waals surface area contributed by atoms with E-state index < -0.39 is 0 Å². The number of thioether (sulfide) groups is 1. The van der Waals surface area contributed by atoms with Gasteiger partial charge in [0.2, 0.25) is 11.7 Å². The van der Waals surface area contributed by atoms with Crippen LogP contribution in [0.3, 0.4) is 0 Å². The Labute approximate surface area is 148 Å². The van der Waals surface area contributed by atoms with Gasteiger partial charge in [-0.15, -0.1) is 10.2 Å². The zero-order valence-electron chi connectivity index (χ0n) is 13.0. The Balaban J connectivity index is 1.45. The molecule has 24 heavy (non-hydrogen) atoms. The quantitative estimate of drug-likeness (QED) is 0.654. The first kappa shape index (κ1) is 15.7. The number of aryl methyl sites for hydroxylation is 1. The van der Waals surface area contributed by atoms with Crippen molar-refractivity contribution in [2.24, 2.45) is 0 Å². The fraction of sp³-hybridized carbons (Fsp3) is 0.375. The Bertz CT molecular complexity index is 829. The van der Waals surface area contributed by atoms with E-state index in [0.29, 0.717) is 22.5 Å². The molecule has 124 valence electrons. The van der Waals surface area contributed by atoms with E-state index in [4.69, 9.17) is 16.1 Å². The van der Waals surface area contributed by atoms with Gasteiger partial charge in [-0.3, -0.25) is 0 Å². The minimum Gasteiger partial charge on any atom is -0.338 e. The predicted molar refractivity (Wildman–Crippen MR) is 91.9 cm³/mol. The Hall–Kier alpha value is -1.86. The summed E-state index contributed by atoms with van der Waals surface area (Å²) >= 11 is 7.48. The van der Waals surface area contributed by atoms with Crippen LogP contribution < -0.4 is 0 Å². The number of nitrogens with zero attached hydrogens (tertiary/aromatic N) is 5. The highest BCUT2D eigenvalue weighted by atomic mass is 35.5. The molecular formula is C16H16ClN5OS. The third-order valence-corrected chi connectivity index (χ3v) is 5.17. The summed E-state index contributed by atoms with van der Waals surface area (Å²) in [5.41, 5.74) is 0.885. The number of halogens is 1. The summed E-state index contributed by atoms with van der Waals surface area (Å²) in [7, 11) is 0. The molecule has 1 aromatic carbocycles. The summed E-state index contributed by atoms with van der Waals surface area (Å²) in [5, 5.41) is 14.3. The van der Waals surface area contributed by atoms with Crippen LogP contribution in [0, 0.1) is 0 Å². The van der Waals surface area contributed by atoms with Crippen LogP contribution in [0.4, 0.5) is 0 Å². The van der Waals surface area contributed by atoms with Crippen molar-refractivity contribution < 1.29 is 4.52 Å². The van der Waals surface area contributed by atoms with E-state index in [9.17, 15) is 0 Å². The highest BCUT2D eigenvalue weighted by Gasteiger charge is 2.16. The molecule has 0 atom stereocenters. The molecule has 0 spiro atoms. The largest absolute Gasteiger partial charge is 0.338 e. The van der Waals surface area contributed by atoms with Gasteiger partial charge in [-0.1, -0.05) is 34.9 Å². The molecule has 3 aromatic rings. The Morgan fingerprint density at radius 3 is 2.88 bits per heavy atom. The van der Waals surface area contributed by atoms with Crippen molar-refractivity contribution in [1.29, 1.82) is 0 Å². The van der Waals surface area contributed by atoms with E-state index in [1.54, 1.807) is 11.8 Å². The second kappa shape index (κ2) is 6.94. The van der Waals surface area contributed by atoms with Crippen molar-refractivity contribution >= 4 is 23.4 Å². The van der Waals surface area contributed by atoms with Crippen molar-refractivity contribution in [3.05, 3.63) is 41.0 Å². The molecule has 2 aromatic heterocycles. The van der Waals surface area contributed by atoms with Gasteiger partial charge in [0.15, 0.2) is 5.16 Å². The molecule has 0 saturated carbocycles. The molecule has 0 bridgehead atoms. The molecule has 0 aliphatic carbocycles. The summed E-state index contributed by atoms with van der Waals surface area (Å²) in [6.07, 6.45) is 4.63. The monoisotopic (exact) mass is 361 g/mol. The van der Waals surface area contributed by atoms with Crippen LogP contribution in [-0.2, 0) is 18.7 Å². The van der Waals surface area contributed by atoms with E-state index in [0.717, 1.165) is 29.5 Å². The maximum Gasteiger partial charge on any atom is 0.237 e. The number of benzene rings is 1. The van der Waals surface area contributed by atoms with Gasteiger partial charge in [0, 0.05) is 23.6 Å². The summed E-state index contributed by atoms with van der Waals surface area (Å²) in [5.74, 6) is 2.82. The van der Waals surface area contributed by atoms with E-state index in [1.165, 1.54) is 19.3 Å². The summed E-state index contributed by atoms with van der Waals surface area (Å²) in [4.78, 5) is 4.44. The Morgan fingerprint density at radius 1 is 1.12 bits per heavy atom. The lowest BCUT2D eigenvalue weighted by molar-refractivity contribution is 0.391.